The summed E-state index contributed by atoms with van der Waals surface area (Å²) in [7, 11) is -3.53. The summed E-state index contributed by atoms with van der Waals surface area (Å²) in [6.07, 6.45) is 0. The van der Waals surface area contributed by atoms with Gasteiger partial charge in [0.2, 0.25) is 10.0 Å². The van der Waals surface area contributed by atoms with E-state index in [2.05, 4.69) is 4.72 Å². The van der Waals surface area contributed by atoms with Crippen LogP contribution < -0.4 is 4.72 Å². The summed E-state index contributed by atoms with van der Waals surface area (Å²) >= 11 is 0. The predicted octanol–water partition coefficient (Wildman–Crippen LogP) is 2.61. The molecule has 0 aromatic heterocycles. The molecule has 0 saturated heterocycles. The third-order valence-electron chi connectivity index (χ3n) is 2.68. The van der Waals surface area contributed by atoms with Gasteiger partial charge in [0.25, 0.3) is 0 Å². The molecule has 2 aromatic carbocycles. The highest BCUT2D eigenvalue weighted by Gasteiger charge is 2.13. The normalized spacial score (nSPS) is 11.5. The molecule has 100 valence electrons. The van der Waals surface area contributed by atoms with Crippen molar-refractivity contribution < 1.29 is 12.8 Å². The lowest BCUT2D eigenvalue weighted by Crippen LogP contribution is -2.23. The van der Waals surface area contributed by atoms with Crippen molar-refractivity contribution in [2.24, 2.45) is 0 Å². The summed E-state index contributed by atoms with van der Waals surface area (Å²) < 4.78 is 39.3. The monoisotopic (exact) mass is 279 g/mol. The van der Waals surface area contributed by atoms with Crippen LogP contribution in [0.15, 0.2) is 53.4 Å². The van der Waals surface area contributed by atoms with Crippen LogP contribution >= 0.6 is 0 Å². The first-order chi connectivity index (χ1) is 8.97. The van der Waals surface area contributed by atoms with Crippen molar-refractivity contribution in [1.29, 1.82) is 0 Å². The van der Waals surface area contributed by atoms with Crippen LogP contribution in [-0.4, -0.2) is 8.42 Å². The lowest BCUT2D eigenvalue weighted by Gasteiger charge is -2.07. The van der Waals surface area contributed by atoms with Gasteiger partial charge in [0, 0.05) is 6.54 Å². The van der Waals surface area contributed by atoms with Crippen molar-refractivity contribution in [3.63, 3.8) is 0 Å². The largest absolute Gasteiger partial charge is 0.240 e. The minimum atomic E-state index is -3.53. The molecule has 0 saturated carbocycles. The highest BCUT2D eigenvalue weighted by molar-refractivity contribution is 7.89. The van der Waals surface area contributed by atoms with E-state index in [-0.39, 0.29) is 17.3 Å². The molecule has 0 atom stereocenters. The van der Waals surface area contributed by atoms with Gasteiger partial charge in [-0.25, -0.2) is 17.5 Å². The van der Waals surface area contributed by atoms with E-state index in [4.69, 9.17) is 0 Å². The van der Waals surface area contributed by atoms with Crippen LogP contribution in [0, 0.1) is 12.7 Å². The van der Waals surface area contributed by atoms with Gasteiger partial charge in [-0.05, 0) is 42.3 Å². The number of sulfonamides is 1. The van der Waals surface area contributed by atoms with Gasteiger partial charge in [-0.1, -0.05) is 24.3 Å². The van der Waals surface area contributed by atoms with Crippen molar-refractivity contribution in [1.82, 2.24) is 4.72 Å². The maximum Gasteiger partial charge on any atom is 0.240 e. The molecule has 2 aromatic rings. The van der Waals surface area contributed by atoms with Gasteiger partial charge in [0.05, 0.1) is 4.90 Å². The van der Waals surface area contributed by atoms with E-state index < -0.39 is 10.0 Å². The molecule has 19 heavy (non-hydrogen) atoms. The zero-order valence-electron chi connectivity index (χ0n) is 10.4. The Morgan fingerprint density at radius 2 is 1.79 bits per heavy atom. The Bertz CT molecular complexity index is 666. The van der Waals surface area contributed by atoms with Crippen molar-refractivity contribution in [2.45, 2.75) is 18.4 Å². The fraction of sp³-hybridized carbons (Fsp3) is 0.143. The Morgan fingerprint density at radius 3 is 2.42 bits per heavy atom. The van der Waals surface area contributed by atoms with E-state index in [9.17, 15) is 12.8 Å². The van der Waals surface area contributed by atoms with Crippen molar-refractivity contribution in [3.05, 3.63) is 65.5 Å². The average Bonchev–Trinajstić information content (AvgIpc) is 2.38. The zero-order valence-corrected chi connectivity index (χ0v) is 11.2. The summed E-state index contributed by atoms with van der Waals surface area (Å²) in [5.74, 6) is -0.342. The van der Waals surface area contributed by atoms with Crippen LogP contribution in [0.4, 0.5) is 4.39 Å². The molecule has 0 spiro atoms. The maximum absolute atomic E-state index is 12.7. The van der Waals surface area contributed by atoms with Gasteiger partial charge in [-0.3, -0.25) is 0 Å². The third-order valence-corrected chi connectivity index (χ3v) is 4.08. The fourth-order valence-corrected chi connectivity index (χ4v) is 2.77. The molecule has 5 heteroatoms. The second-order valence-corrected chi connectivity index (χ2v) is 6.03. The number of aryl methyl sites for hydroxylation is 1. The van der Waals surface area contributed by atoms with Crippen molar-refractivity contribution >= 4 is 10.0 Å². The number of hydrogen-bond acceptors (Lipinski definition) is 2. The molecule has 1 N–H and O–H groups in total. The van der Waals surface area contributed by atoms with E-state index in [0.29, 0.717) is 5.56 Å². The van der Waals surface area contributed by atoms with Gasteiger partial charge in [-0.15, -0.1) is 0 Å². The van der Waals surface area contributed by atoms with Gasteiger partial charge in [-0.2, -0.15) is 0 Å². The molecule has 0 amide bonds. The molecule has 3 nitrogen and oxygen atoms in total. The van der Waals surface area contributed by atoms with Crippen LogP contribution in [-0.2, 0) is 16.6 Å². The van der Waals surface area contributed by atoms with Crippen LogP contribution in [0.5, 0.6) is 0 Å². The van der Waals surface area contributed by atoms with E-state index in [0.717, 1.165) is 5.56 Å². The molecule has 0 bridgehead atoms. The van der Waals surface area contributed by atoms with Crippen LogP contribution in [0.25, 0.3) is 0 Å². The Kier molecular flexibility index (Phi) is 3.97. The zero-order chi connectivity index (χ0) is 13.9. The SMILES string of the molecule is Cc1cccc(S(=O)(=O)NCc2ccc(F)cc2)c1. The molecule has 0 aliphatic carbocycles. The Balaban J connectivity index is 2.12. The lowest BCUT2D eigenvalue weighted by atomic mass is 10.2. The fourth-order valence-electron chi connectivity index (χ4n) is 1.65. The summed E-state index contributed by atoms with van der Waals surface area (Å²) in [4.78, 5) is 0.231. The first-order valence-corrected chi connectivity index (χ1v) is 7.26. The summed E-state index contributed by atoms with van der Waals surface area (Å²) in [5, 5.41) is 0. The minimum Gasteiger partial charge on any atom is -0.207 e. The van der Waals surface area contributed by atoms with Gasteiger partial charge < -0.3 is 0 Å². The molecule has 0 aliphatic heterocycles. The van der Waals surface area contributed by atoms with Gasteiger partial charge in [0.1, 0.15) is 5.82 Å². The summed E-state index contributed by atoms with van der Waals surface area (Å²) in [6, 6.07) is 12.4. The molecule has 0 aliphatic rings. The molecule has 0 fully saturated rings. The number of benzene rings is 2. The first-order valence-electron chi connectivity index (χ1n) is 5.78. The Morgan fingerprint density at radius 1 is 1.11 bits per heavy atom. The Labute approximate surface area is 112 Å². The first kappa shape index (κ1) is 13.7. The van der Waals surface area contributed by atoms with Crippen molar-refractivity contribution in [3.8, 4) is 0 Å². The van der Waals surface area contributed by atoms with Gasteiger partial charge >= 0.3 is 0 Å². The minimum absolute atomic E-state index is 0.135. The van der Waals surface area contributed by atoms with Gasteiger partial charge in [0.15, 0.2) is 0 Å². The van der Waals surface area contributed by atoms with Crippen LogP contribution in [0.1, 0.15) is 11.1 Å². The topological polar surface area (TPSA) is 46.2 Å². The maximum atomic E-state index is 12.7. The molecule has 2 rings (SSSR count). The highest BCUT2D eigenvalue weighted by Crippen LogP contribution is 2.11. The summed E-state index contributed by atoms with van der Waals surface area (Å²) in [5.41, 5.74) is 1.59. The molecule has 0 heterocycles. The second-order valence-electron chi connectivity index (χ2n) is 4.27. The number of hydrogen-bond donors (Lipinski definition) is 1. The number of halogens is 1. The lowest BCUT2D eigenvalue weighted by molar-refractivity contribution is 0.581. The van der Waals surface area contributed by atoms with Crippen LogP contribution in [0.2, 0.25) is 0 Å². The molecular formula is C14H14FNO2S. The average molecular weight is 279 g/mol. The van der Waals surface area contributed by atoms with E-state index in [1.807, 2.05) is 13.0 Å². The molecular weight excluding hydrogens is 265 g/mol. The predicted molar refractivity (Wildman–Crippen MR) is 71.6 cm³/mol. The molecule has 0 unspecified atom stereocenters. The van der Waals surface area contributed by atoms with Crippen molar-refractivity contribution in [2.75, 3.05) is 0 Å². The quantitative estimate of drug-likeness (QED) is 0.935. The second kappa shape index (κ2) is 5.50. The number of rotatable bonds is 4. The summed E-state index contributed by atoms with van der Waals surface area (Å²) in [6.45, 7) is 1.97. The van der Waals surface area contributed by atoms with Crippen LogP contribution in [0.3, 0.4) is 0 Å². The Hall–Kier alpha value is -1.72. The smallest absolute Gasteiger partial charge is 0.207 e. The van der Waals surface area contributed by atoms with E-state index in [1.54, 1.807) is 30.3 Å². The third kappa shape index (κ3) is 3.62. The molecule has 0 radical (unpaired) electrons. The highest BCUT2D eigenvalue weighted by atomic mass is 32.2. The van der Waals surface area contributed by atoms with E-state index >= 15 is 0 Å². The van der Waals surface area contributed by atoms with E-state index in [1.165, 1.54) is 12.1 Å². The number of nitrogens with one attached hydrogen (secondary N) is 1. The standard InChI is InChI=1S/C14H14FNO2S/c1-11-3-2-4-14(9-11)19(17,18)16-10-12-5-7-13(15)8-6-12/h2-9,16H,10H2,1H3.